The number of carbonyl (C=O) groups excluding carboxylic acids is 1. The fraction of sp³-hybridized carbons (Fsp3) is 0.316. The molecule has 0 aromatic heterocycles. The SMILES string of the molecule is CCOc1ccc(C(=O)Nc2ccc(N(C)C)c(Cl)c2)cc1OCC. The zero-order valence-corrected chi connectivity index (χ0v) is 15.7. The highest BCUT2D eigenvalue weighted by Crippen LogP contribution is 2.30. The van der Waals surface area contributed by atoms with Gasteiger partial charge >= 0.3 is 0 Å². The molecule has 0 saturated heterocycles. The Morgan fingerprint density at radius 1 is 1.04 bits per heavy atom. The van der Waals surface area contributed by atoms with Crippen LogP contribution in [0, 0.1) is 0 Å². The average molecular weight is 363 g/mol. The minimum atomic E-state index is -0.238. The normalized spacial score (nSPS) is 10.3. The topological polar surface area (TPSA) is 50.8 Å². The molecule has 25 heavy (non-hydrogen) atoms. The Bertz CT molecular complexity index is 747. The lowest BCUT2D eigenvalue weighted by Gasteiger charge is -2.16. The van der Waals surface area contributed by atoms with Crippen LogP contribution < -0.4 is 19.7 Å². The summed E-state index contributed by atoms with van der Waals surface area (Å²) in [5.74, 6) is 0.940. The van der Waals surface area contributed by atoms with Crippen LogP contribution in [0.1, 0.15) is 24.2 Å². The van der Waals surface area contributed by atoms with Gasteiger partial charge in [0.2, 0.25) is 0 Å². The van der Waals surface area contributed by atoms with Crippen LogP contribution in [0.15, 0.2) is 36.4 Å². The van der Waals surface area contributed by atoms with E-state index in [9.17, 15) is 4.79 Å². The number of ether oxygens (including phenoxy) is 2. The highest BCUT2D eigenvalue weighted by atomic mass is 35.5. The third-order valence-electron chi connectivity index (χ3n) is 3.49. The van der Waals surface area contributed by atoms with Crippen LogP contribution in [0.5, 0.6) is 11.5 Å². The van der Waals surface area contributed by atoms with Crippen molar-refractivity contribution in [3.05, 3.63) is 47.0 Å². The number of benzene rings is 2. The molecule has 0 saturated carbocycles. The van der Waals surface area contributed by atoms with E-state index in [0.29, 0.717) is 41.0 Å². The van der Waals surface area contributed by atoms with Gasteiger partial charge in [0.05, 0.1) is 23.9 Å². The Hall–Kier alpha value is -2.40. The number of hydrogen-bond donors (Lipinski definition) is 1. The zero-order chi connectivity index (χ0) is 18.4. The Labute approximate surface area is 153 Å². The van der Waals surface area contributed by atoms with Gasteiger partial charge in [-0.1, -0.05) is 11.6 Å². The molecule has 0 atom stereocenters. The number of hydrogen-bond acceptors (Lipinski definition) is 4. The molecule has 0 bridgehead atoms. The number of amides is 1. The lowest BCUT2D eigenvalue weighted by Crippen LogP contribution is -2.13. The monoisotopic (exact) mass is 362 g/mol. The average Bonchev–Trinajstić information content (AvgIpc) is 2.56. The Morgan fingerprint density at radius 2 is 1.72 bits per heavy atom. The molecule has 0 aliphatic carbocycles. The molecule has 0 heterocycles. The molecule has 134 valence electrons. The van der Waals surface area contributed by atoms with Crippen LogP contribution >= 0.6 is 11.6 Å². The predicted octanol–water partition coefficient (Wildman–Crippen LogP) is 4.46. The summed E-state index contributed by atoms with van der Waals surface area (Å²) in [6.45, 7) is 4.81. The minimum absolute atomic E-state index is 0.238. The molecule has 0 unspecified atom stereocenters. The van der Waals surface area contributed by atoms with Crippen LogP contribution in [-0.2, 0) is 0 Å². The van der Waals surface area contributed by atoms with Gasteiger partial charge in [0.15, 0.2) is 11.5 Å². The molecule has 2 aromatic rings. The zero-order valence-electron chi connectivity index (χ0n) is 14.9. The summed E-state index contributed by atoms with van der Waals surface area (Å²) < 4.78 is 11.1. The Morgan fingerprint density at radius 3 is 2.32 bits per heavy atom. The van der Waals surface area contributed by atoms with Crippen molar-refractivity contribution in [3.63, 3.8) is 0 Å². The fourth-order valence-corrected chi connectivity index (χ4v) is 2.69. The molecule has 6 heteroatoms. The van der Waals surface area contributed by atoms with E-state index in [0.717, 1.165) is 5.69 Å². The summed E-state index contributed by atoms with van der Waals surface area (Å²) in [7, 11) is 3.82. The van der Waals surface area contributed by atoms with E-state index in [2.05, 4.69) is 5.32 Å². The maximum Gasteiger partial charge on any atom is 0.255 e. The Balaban J connectivity index is 2.20. The first kappa shape index (κ1) is 18.9. The minimum Gasteiger partial charge on any atom is -0.490 e. The van der Waals surface area contributed by atoms with E-state index in [-0.39, 0.29) is 5.91 Å². The predicted molar refractivity (Wildman–Crippen MR) is 103 cm³/mol. The first-order valence-corrected chi connectivity index (χ1v) is 8.51. The molecule has 0 fully saturated rings. The van der Waals surface area contributed by atoms with Crippen molar-refractivity contribution >= 4 is 28.9 Å². The maximum atomic E-state index is 12.5. The standard InChI is InChI=1S/C19H23ClN2O3/c1-5-24-17-10-7-13(11-18(17)25-6-2)19(23)21-14-8-9-16(22(3)4)15(20)12-14/h7-12H,5-6H2,1-4H3,(H,21,23). The van der Waals surface area contributed by atoms with Gasteiger partial charge in [-0.25, -0.2) is 0 Å². The van der Waals surface area contributed by atoms with Crippen molar-refractivity contribution in [1.82, 2.24) is 0 Å². The third-order valence-corrected chi connectivity index (χ3v) is 3.80. The summed E-state index contributed by atoms with van der Waals surface area (Å²) in [5, 5.41) is 3.42. The highest BCUT2D eigenvalue weighted by molar-refractivity contribution is 6.33. The first-order chi connectivity index (χ1) is 12.0. The molecule has 0 aliphatic rings. The molecular weight excluding hydrogens is 340 g/mol. The van der Waals surface area contributed by atoms with Gasteiger partial charge in [0.1, 0.15) is 0 Å². The molecular formula is C19H23ClN2O3. The third kappa shape index (κ3) is 4.79. The van der Waals surface area contributed by atoms with E-state index in [1.165, 1.54) is 0 Å². The second-order valence-electron chi connectivity index (χ2n) is 5.54. The lowest BCUT2D eigenvalue weighted by atomic mass is 10.1. The molecule has 0 aliphatic heterocycles. The number of halogens is 1. The molecule has 1 N–H and O–H groups in total. The van der Waals surface area contributed by atoms with Crippen LogP contribution in [-0.4, -0.2) is 33.2 Å². The molecule has 2 rings (SSSR count). The van der Waals surface area contributed by atoms with Gasteiger partial charge in [-0.2, -0.15) is 0 Å². The summed E-state index contributed by atoms with van der Waals surface area (Å²) in [5.41, 5.74) is 2.01. The second-order valence-corrected chi connectivity index (χ2v) is 5.95. The van der Waals surface area contributed by atoms with Crippen molar-refractivity contribution in [3.8, 4) is 11.5 Å². The van der Waals surface area contributed by atoms with Crippen molar-refractivity contribution in [1.29, 1.82) is 0 Å². The molecule has 0 spiro atoms. The number of carbonyl (C=O) groups is 1. The van der Waals surface area contributed by atoms with E-state index in [1.807, 2.05) is 45.0 Å². The fourth-order valence-electron chi connectivity index (χ4n) is 2.34. The van der Waals surface area contributed by atoms with Crippen molar-refractivity contribution < 1.29 is 14.3 Å². The molecule has 1 amide bonds. The second kappa shape index (κ2) is 8.62. The number of nitrogens with one attached hydrogen (secondary N) is 1. The summed E-state index contributed by atoms with van der Waals surface area (Å²) >= 11 is 6.25. The largest absolute Gasteiger partial charge is 0.490 e. The van der Waals surface area contributed by atoms with Gasteiger partial charge < -0.3 is 19.7 Å². The van der Waals surface area contributed by atoms with Gasteiger partial charge in [-0.05, 0) is 50.2 Å². The quantitative estimate of drug-likeness (QED) is 0.790. The first-order valence-electron chi connectivity index (χ1n) is 8.14. The van der Waals surface area contributed by atoms with E-state index in [4.69, 9.17) is 21.1 Å². The van der Waals surface area contributed by atoms with Crippen LogP contribution in [0.2, 0.25) is 5.02 Å². The maximum absolute atomic E-state index is 12.5. The summed E-state index contributed by atoms with van der Waals surface area (Å²) in [4.78, 5) is 14.4. The van der Waals surface area contributed by atoms with Crippen molar-refractivity contribution in [2.45, 2.75) is 13.8 Å². The highest BCUT2D eigenvalue weighted by Gasteiger charge is 2.13. The van der Waals surface area contributed by atoms with E-state index < -0.39 is 0 Å². The summed E-state index contributed by atoms with van der Waals surface area (Å²) in [6, 6.07) is 10.5. The van der Waals surface area contributed by atoms with Crippen molar-refractivity contribution in [2.24, 2.45) is 0 Å². The molecule has 5 nitrogen and oxygen atoms in total. The van der Waals surface area contributed by atoms with E-state index >= 15 is 0 Å². The smallest absolute Gasteiger partial charge is 0.255 e. The lowest BCUT2D eigenvalue weighted by molar-refractivity contribution is 0.102. The molecule has 0 radical (unpaired) electrons. The number of rotatable bonds is 7. The number of anilines is 2. The molecule has 2 aromatic carbocycles. The Kier molecular flexibility index (Phi) is 6.53. The van der Waals surface area contributed by atoms with Crippen molar-refractivity contribution in [2.75, 3.05) is 37.5 Å². The van der Waals surface area contributed by atoms with E-state index in [1.54, 1.807) is 24.3 Å². The van der Waals surface area contributed by atoms with Crippen LogP contribution in [0.25, 0.3) is 0 Å². The van der Waals surface area contributed by atoms with Gasteiger partial charge in [-0.15, -0.1) is 0 Å². The summed E-state index contributed by atoms with van der Waals surface area (Å²) in [6.07, 6.45) is 0. The van der Waals surface area contributed by atoms with Crippen LogP contribution in [0.3, 0.4) is 0 Å². The van der Waals surface area contributed by atoms with Gasteiger partial charge in [0, 0.05) is 25.3 Å². The van der Waals surface area contributed by atoms with Crippen LogP contribution in [0.4, 0.5) is 11.4 Å². The van der Waals surface area contributed by atoms with Gasteiger partial charge in [0.25, 0.3) is 5.91 Å². The number of nitrogens with zero attached hydrogens (tertiary/aromatic N) is 1. The van der Waals surface area contributed by atoms with Gasteiger partial charge in [-0.3, -0.25) is 4.79 Å².